The number of carbonyl (C=O) groups excluding carboxylic acids is 1. The molecule has 4 nitrogen and oxygen atoms in total. The lowest BCUT2D eigenvalue weighted by Gasteiger charge is -2.07. The molecule has 3 rings (SSSR count). The maximum absolute atomic E-state index is 11.9. The molecule has 0 unspecified atom stereocenters. The largest absolute Gasteiger partial charge is 0.464 e. The van der Waals surface area contributed by atoms with E-state index in [1.807, 2.05) is 36.4 Å². The normalized spacial score (nSPS) is 14.0. The highest BCUT2D eigenvalue weighted by Gasteiger charge is 2.23. The predicted molar refractivity (Wildman–Crippen MR) is 82.3 cm³/mol. The van der Waals surface area contributed by atoms with Gasteiger partial charge >= 0.3 is 0 Å². The second-order valence-electron chi connectivity index (χ2n) is 5.40. The fourth-order valence-electron chi connectivity index (χ4n) is 2.13. The van der Waals surface area contributed by atoms with Crippen molar-refractivity contribution in [3.05, 3.63) is 53.5 Å². The van der Waals surface area contributed by atoms with E-state index in [0.717, 1.165) is 36.5 Å². The van der Waals surface area contributed by atoms with Crippen molar-refractivity contribution in [1.29, 1.82) is 0 Å². The molecule has 1 aromatic heterocycles. The molecule has 1 aromatic carbocycles. The Kier molecular flexibility index (Phi) is 3.95. The highest BCUT2D eigenvalue weighted by atomic mass is 16.3. The summed E-state index contributed by atoms with van der Waals surface area (Å²) in [7, 11) is 0. The number of amides is 1. The first kappa shape index (κ1) is 13.7. The number of nitrogens with one attached hydrogen (secondary N) is 2. The summed E-state index contributed by atoms with van der Waals surface area (Å²) in [6.45, 7) is 2.72. The zero-order chi connectivity index (χ0) is 14.7. The van der Waals surface area contributed by atoms with E-state index in [-0.39, 0.29) is 5.91 Å². The van der Waals surface area contributed by atoms with Crippen molar-refractivity contribution in [3.63, 3.8) is 0 Å². The Hall–Kier alpha value is -2.23. The van der Waals surface area contributed by atoms with Crippen molar-refractivity contribution in [2.45, 2.75) is 38.8 Å². The average molecular weight is 284 g/mol. The highest BCUT2D eigenvalue weighted by Crippen LogP contribution is 2.20. The van der Waals surface area contributed by atoms with Gasteiger partial charge in [0.1, 0.15) is 11.5 Å². The Morgan fingerprint density at radius 2 is 1.86 bits per heavy atom. The van der Waals surface area contributed by atoms with Gasteiger partial charge in [-0.3, -0.25) is 4.79 Å². The summed E-state index contributed by atoms with van der Waals surface area (Å²) in [5.41, 5.74) is 1.69. The van der Waals surface area contributed by atoms with Gasteiger partial charge in [-0.2, -0.15) is 0 Å². The molecule has 0 radical (unpaired) electrons. The first-order valence-corrected chi connectivity index (χ1v) is 7.47. The van der Waals surface area contributed by atoms with Crippen LogP contribution in [0.25, 0.3) is 0 Å². The van der Waals surface area contributed by atoms with Gasteiger partial charge < -0.3 is 15.1 Å². The predicted octanol–water partition coefficient (Wildman–Crippen LogP) is 3.35. The number of aryl methyl sites for hydroxylation is 1. The van der Waals surface area contributed by atoms with Gasteiger partial charge in [0.2, 0.25) is 0 Å². The minimum absolute atomic E-state index is 0.0164. The first-order chi connectivity index (χ1) is 10.2. The summed E-state index contributed by atoms with van der Waals surface area (Å²) in [5, 5.41) is 6.27. The van der Waals surface area contributed by atoms with Gasteiger partial charge in [0.15, 0.2) is 0 Å². The fraction of sp³-hybridized carbons (Fsp3) is 0.353. The number of anilines is 1. The van der Waals surface area contributed by atoms with E-state index in [4.69, 9.17) is 4.42 Å². The number of benzene rings is 1. The molecule has 0 aliphatic heterocycles. The first-order valence-electron chi connectivity index (χ1n) is 7.47. The van der Waals surface area contributed by atoms with Crippen molar-refractivity contribution in [3.8, 4) is 0 Å². The van der Waals surface area contributed by atoms with Gasteiger partial charge in [0.05, 0.1) is 6.54 Å². The molecule has 0 atom stereocenters. The van der Waals surface area contributed by atoms with Crippen molar-refractivity contribution in [2.24, 2.45) is 0 Å². The van der Waals surface area contributed by atoms with Gasteiger partial charge in [-0.25, -0.2) is 0 Å². The van der Waals surface area contributed by atoms with Crippen LogP contribution in [0.1, 0.15) is 41.6 Å². The zero-order valence-electron chi connectivity index (χ0n) is 12.2. The van der Waals surface area contributed by atoms with Crippen molar-refractivity contribution >= 4 is 11.6 Å². The summed E-state index contributed by atoms with van der Waals surface area (Å²) >= 11 is 0. The van der Waals surface area contributed by atoms with Gasteiger partial charge in [-0.05, 0) is 49.2 Å². The van der Waals surface area contributed by atoms with E-state index in [9.17, 15) is 4.79 Å². The van der Waals surface area contributed by atoms with E-state index in [0.29, 0.717) is 18.2 Å². The van der Waals surface area contributed by atoms with Crippen molar-refractivity contribution in [2.75, 3.05) is 5.32 Å². The Morgan fingerprint density at radius 1 is 1.14 bits per heavy atom. The molecule has 4 heteroatoms. The maximum Gasteiger partial charge on any atom is 0.251 e. The number of rotatable bonds is 6. The van der Waals surface area contributed by atoms with Crippen LogP contribution in [-0.2, 0) is 13.0 Å². The minimum Gasteiger partial charge on any atom is -0.464 e. The average Bonchev–Trinajstić information content (AvgIpc) is 3.20. The van der Waals surface area contributed by atoms with Crippen LogP contribution in [0.5, 0.6) is 0 Å². The molecule has 0 spiro atoms. The van der Waals surface area contributed by atoms with Crippen LogP contribution in [0.2, 0.25) is 0 Å². The topological polar surface area (TPSA) is 54.3 Å². The van der Waals surface area contributed by atoms with Gasteiger partial charge in [-0.15, -0.1) is 0 Å². The Morgan fingerprint density at radius 3 is 2.48 bits per heavy atom. The Labute approximate surface area is 124 Å². The molecule has 21 heavy (non-hydrogen) atoms. The molecule has 1 fully saturated rings. The van der Waals surface area contributed by atoms with Crippen LogP contribution in [0.3, 0.4) is 0 Å². The lowest BCUT2D eigenvalue weighted by Crippen LogP contribution is -2.25. The molecule has 0 saturated heterocycles. The molecule has 1 aliphatic rings. The molecule has 0 bridgehead atoms. The van der Waals surface area contributed by atoms with Crippen molar-refractivity contribution in [1.82, 2.24) is 5.32 Å². The smallest absolute Gasteiger partial charge is 0.251 e. The summed E-state index contributed by atoms with van der Waals surface area (Å²) in [6.07, 6.45) is 3.12. The van der Waals surface area contributed by atoms with E-state index >= 15 is 0 Å². The third kappa shape index (κ3) is 3.66. The third-order valence-corrected chi connectivity index (χ3v) is 3.59. The molecule has 1 heterocycles. The molecule has 1 aliphatic carbocycles. The SMILES string of the molecule is CCc1ccc(CNc2ccc(C(=O)NC3CC3)cc2)o1. The second-order valence-corrected chi connectivity index (χ2v) is 5.40. The molecule has 2 aromatic rings. The number of carbonyl (C=O) groups is 1. The van der Waals surface area contributed by atoms with Crippen molar-refractivity contribution < 1.29 is 9.21 Å². The lowest BCUT2D eigenvalue weighted by molar-refractivity contribution is 0.0951. The Bertz CT molecular complexity index is 612. The van der Waals surface area contributed by atoms with E-state index in [2.05, 4.69) is 17.6 Å². The molecule has 2 N–H and O–H groups in total. The second kappa shape index (κ2) is 6.04. The van der Waals surface area contributed by atoms with E-state index < -0.39 is 0 Å². The summed E-state index contributed by atoms with van der Waals surface area (Å²) in [5.74, 6) is 1.93. The molecular formula is C17H20N2O2. The molecule has 110 valence electrons. The fourth-order valence-corrected chi connectivity index (χ4v) is 2.13. The Balaban J connectivity index is 1.54. The van der Waals surface area contributed by atoms with E-state index in [1.54, 1.807) is 0 Å². The third-order valence-electron chi connectivity index (χ3n) is 3.59. The number of hydrogen-bond donors (Lipinski definition) is 2. The van der Waals surface area contributed by atoms with Crippen LogP contribution in [0.4, 0.5) is 5.69 Å². The van der Waals surface area contributed by atoms with Crippen LogP contribution < -0.4 is 10.6 Å². The summed E-state index contributed by atoms with van der Waals surface area (Å²) in [6, 6.07) is 11.9. The van der Waals surface area contributed by atoms with Gasteiger partial charge in [-0.1, -0.05) is 6.92 Å². The van der Waals surface area contributed by atoms with Crippen LogP contribution in [0.15, 0.2) is 40.8 Å². The number of furan rings is 1. The zero-order valence-corrected chi connectivity index (χ0v) is 12.2. The number of hydrogen-bond acceptors (Lipinski definition) is 3. The lowest BCUT2D eigenvalue weighted by atomic mass is 10.2. The monoisotopic (exact) mass is 284 g/mol. The summed E-state index contributed by atoms with van der Waals surface area (Å²) in [4.78, 5) is 11.9. The van der Waals surface area contributed by atoms with Gasteiger partial charge in [0, 0.05) is 23.7 Å². The molecular weight excluding hydrogens is 264 g/mol. The van der Waals surface area contributed by atoms with Crippen LogP contribution in [-0.4, -0.2) is 11.9 Å². The standard InChI is InChI=1S/C17H20N2O2/c1-2-15-9-10-16(21-15)11-18-13-5-3-12(4-6-13)17(20)19-14-7-8-14/h3-6,9-10,14,18H,2,7-8,11H2,1H3,(H,19,20). The minimum atomic E-state index is 0.0164. The highest BCUT2D eigenvalue weighted by molar-refractivity contribution is 5.94. The quantitative estimate of drug-likeness (QED) is 0.855. The van der Waals surface area contributed by atoms with Crippen LogP contribution >= 0.6 is 0 Å². The van der Waals surface area contributed by atoms with E-state index in [1.165, 1.54) is 0 Å². The molecule has 1 amide bonds. The van der Waals surface area contributed by atoms with Gasteiger partial charge in [0.25, 0.3) is 5.91 Å². The van der Waals surface area contributed by atoms with Crippen LogP contribution in [0, 0.1) is 0 Å². The molecule has 1 saturated carbocycles. The maximum atomic E-state index is 11.9. The summed E-state index contributed by atoms with van der Waals surface area (Å²) < 4.78 is 5.64.